The summed E-state index contributed by atoms with van der Waals surface area (Å²) in [7, 11) is -2.82. The molecule has 5 heteroatoms. The number of hydrogen-bond donors (Lipinski definition) is 2. The molecule has 0 unspecified atom stereocenters. The normalized spacial score (nSPS) is 37.7. The summed E-state index contributed by atoms with van der Waals surface area (Å²) < 4.78 is 10.4. The first-order valence-electron chi connectivity index (χ1n) is 4.15. The summed E-state index contributed by atoms with van der Waals surface area (Å²) in [4.78, 5) is 9.41. The van der Waals surface area contributed by atoms with Crippen molar-refractivity contribution < 1.29 is 19.0 Å². The first-order valence-corrected chi connectivity index (χ1v) is 6.41. The van der Waals surface area contributed by atoms with Crippen molar-refractivity contribution in [3.8, 4) is 0 Å². The van der Waals surface area contributed by atoms with Crippen LogP contribution in [0.3, 0.4) is 0 Å². The van der Waals surface area contributed by atoms with Crippen molar-refractivity contribution in [1.82, 2.24) is 0 Å². The van der Waals surface area contributed by atoms with E-state index >= 15 is 0 Å². The van der Waals surface area contributed by atoms with Crippen LogP contribution in [0.25, 0.3) is 0 Å². The van der Waals surface area contributed by atoms with Crippen molar-refractivity contribution in [3.63, 3.8) is 0 Å². The monoisotopic (exact) mass is 196 g/mol. The van der Waals surface area contributed by atoms with Gasteiger partial charge in [-0.25, -0.2) is 0 Å². The summed E-state index contributed by atoms with van der Waals surface area (Å²) in [5, 5.41) is 9.09. The number of aliphatic hydroxyl groups is 1. The molecule has 0 radical (unpaired) electrons. The Balaban J connectivity index is 2.53. The SMILES string of the molecule is CCC1(CO)CO[PH](C)(O)OC1. The molecule has 0 aromatic rings. The number of aliphatic hydroxyl groups excluding tert-OH is 1. The van der Waals surface area contributed by atoms with Gasteiger partial charge in [-0.15, -0.1) is 0 Å². The van der Waals surface area contributed by atoms with Gasteiger partial charge in [0.1, 0.15) is 0 Å². The van der Waals surface area contributed by atoms with Gasteiger partial charge in [0, 0.05) is 0 Å². The Morgan fingerprint density at radius 1 is 1.42 bits per heavy atom. The minimum atomic E-state index is -2.82. The van der Waals surface area contributed by atoms with E-state index in [-0.39, 0.29) is 12.0 Å². The molecule has 2 N–H and O–H groups in total. The van der Waals surface area contributed by atoms with Crippen molar-refractivity contribution in [2.24, 2.45) is 5.41 Å². The summed E-state index contributed by atoms with van der Waals surface area (Å²) >= 11 is 0. The van der Waals surface area contributed by atoms with Gasteiger partial charge >= 0.3 is 72.2 Å². The summed E-state index contributed by atoms with van der Waals surface area (Å²) in [6.45, 7) is 4.42. The minimum absolute atomic E-state index is 0.0496. The predicted octanol–water partition coefficient (Wildman–Crippen LogP) is 0.539. The van der Waals surface area contributed by atoms with Crippen LogP contribution in [0, 0.1) is 5.41 Å². The number of rotatable bonds is 2. The van der Waals surface area contributed by atoms with Crippen LogP contribution in [-0.2, 0) is 9.05 Å². The van der Waals surface area contributed by atoms with Gasteiger partial charge in [0.15, 0.2) is 0 Å². The summed E-state index contributed by atoms with van der Waals surface area (Å²) in [5.74, 6) is 0. The molecule has 0 bridgehead atoms. The molecule has 1 aliphatic rings. The quantitative estimate of drug-likeness (QED) is 0.633. The molecule has 1 heterocycles. The van der Waals surface area contributed by atoms with Crippen LogP contribution in [-0.4, -0.2) is 36.5 Å². The van der Waals surface area contributed by atoms with E-state index in [1.54, 1.807) is 6.66 Å². The van der Waals surface area contributed by atoms with Crippen molar-refractivity contribution in [2.45, 2.75) is 13.3 Å². The van der Waals surface area contributed by atoms with Gasteiger partial charge in [-0.3, -0.25) is 0 Å². The third-order valence-electron chi connectivity index (χ3n) is 2.38. The molecule has 0 aliphatic carbocycles. The zero-order valence-electron chi connectivity index (χ0n) is 7.54. The molecule has 0 saturated carbocycles. The molecule has 1 saturated heterocycles. The molecule has 1 rings (SSSR count). The van der Waals surface area contributed by atoms with E-state index < -0.39 is 7.94 Å². The van der Waals surface area contributed by atoms with Gasteiger partial charge in [-0.05, 0) is 0 Å². The van der Waals surface area contributed by atoms with Gasteiger partial charge in [0.05, 0.1) is 0 Å². The van der Waals surface area contributed by atoms with Crippen molar-refractivity contribution >= 4 is 7.94 Å². The molecule has 74 valence electrons. The van der Waals surface area contributed by atoms with Crippen LogP contribution in [0.15, 0.2) is 0 Å². The second-order valence-corrected chi connectivity index (χ2v) is 5.86. The fourth-order valence-electron chi connectivity index (χ4n) is 1.06. The molecule has 12 heavy (non-hydrogen) atoms. The van der Waals surface area contributed by atoms with E-state index in [2.05, 4.69) is 0 Å². The van der Waals surface area contributed by atoms with E-state index in [4.69, 9.17) is 14.2 Å². The Bertz CT molecular complexity index is 143. The van der Waals surface area contributed by atoms with Crippen LogP contribution in [0.4, 0.5) is 0 Å². The Morgan fingerprint density at radius 2 is 1.92 bits per heavy atom. The average Bonchev–Trinajstić information content (AvgIpc) is 2.06. The summed E-state index contributed by atoms with van der Waals surface area (Å²) in [6.07, 6.45) is 0.800. The van der Waals surface area contributed by atoms with E-state index in [0.717, 1.165) is 6.42 Å². The first-order chi connectivity index (χ1) is 5.54. The molecular formula is C7H17O4P. The van der Waals surface area contributed by atoms with Gasteiger partial charge in [-0.1, -0.05) is 0 Å². The van der Waals surface area contributed by atoms with Crippen LogP contribution < -0.4 is 0 Å². The van der Waals surface area contributed by atoms with Crippen molar-refractivity contribution in [2.75, 3.05) is 26.5 Å². The Hall–Kier alpha value is 0.270. The zero-order valence-corrected chi connectivity index (χ0v) is 8.54. The second-order valence-electron chi connectivity index (χ2n) is 3.49. The zero-order chi connectivity index (χ0) is 9.24. The van der Waals surface area contributed by atoms with Gasteiger partial charge in [0.2, 0.25) is 0 Å². The van der Waals surface area contributed by atoms with E-state index in [1.807, 2.05) is 6.92 Å². The van der Waals surface area contributed by atoms with Crippen LogP contribution >= 0.6 is 7.94 Å². The predicted molar refractivity (Wildman–Crippen MR) is 48.2 cm³/mol. The Labute approximate surface area is 73.1 Å². The molecule has 0 aromatic heterocycles. The maximum atomic E-state index is 9.41. The maximum absolute atomic E-state index is 9.41. The molecule has 4 nitrogen and oxygen atoms in total. The number of hydrogen-bond acceptors (Lipinski definition) is 4. The average molecular weight is 196 g/mol. The molecular weight excluding hydrogens is 179 g/mol. The fourth-order valence-corrected chi connectivity index (χ4v) is 2.30. The summed E-state index contributed by atoms with van der Waals surface area (Å²) in [6, 6.07) is 0. The van der Waals surface area contributed by atoms with Gasteiger partial charge < -0.3 is 0 Å². The molecule has 1 fully saturated rings. The third-order valence-corrected chi connectivity index (χ3v) is 3.74. The third kappa shape index (κ3) is 2.15. The molecule has 1 aliphatic heterocycles. The molecule has 0 spiro atoms. The molecule has 0 aromatic carbocycles. The van der Waals surface area contributed by atoms with E-state index in [1.165, 1.54) is 0 Å². The van der Waals surface area contributed by atoms with Crippen LogP contribution in [0.2, 0.25) is 0 Å². The van der Waals surface area contributed by atoms with Crippen molar-refractivity contribution in [3.05, 3.63) is 0 Å². The van der Waals surface area contributed by atoms with Gasteiger partial charge in [0.25, 0.3) is 0 Å². The Morgan fingerprint density at radius 3 is 2.25 bits per heavy atom. The van der Waals surface area contributed by atoms with Crippen LogP contribution in [0.5, 0.6) is 0 Å². The summed E-state index contributed by atoms with van der Waals surface area (Å²) in [5.41, 5.74) is -0.296. The van der Waals surface area contributed by atoms with Crippen LogP contribution in [0.1, 0.15) is 13.3 Å². The fraction of sp³-hybridized carbons (Fsp3) is 1.00. The van der Waals surface area contributed by atoms with E-state index in [9.17, 15) is 4.89 Å². The first kappa shape index (κ1) is 10.4. The Kier molecular flexibility index (Phi) is 3.07. The van der Waals surface area contributed by atoms with E-state index in [0.29, 0.717) is 13.2 Å². The standard InChI is InChI=1S/C7H17O4P/c1-3-7(4-8)5-10-12(2,9)11-6-7/h8-9,12H,3-6H2,1-2H3. The topological polar surface area (TPSA) is 58.9 Å². The second kappa shape index (κ2) is 3.56. The molecule has 0 amide bonds. The van der Waals surface area contributed by atoms with Crippen molar-refractivity contribution in [1.29, 1.82) is 0 Å². The van der Waals surface area contributed by atoms with Gasteiger partial charge in [-0.2, -0.15) is 0 Å². The molecule has 0 atom stereocenters.